The molecular weight excluding hydrogens is 309 g/mol. The Morgan fingerprint density at radius 1 is 1.10 bits per heavy atom. The zero-order valence-corrected chi connectivity index (χ0v) is 13.1. The van der Waals surface area contributed by atoms with Gasteiger partial charge in [-0.05, 0) is 42.3 Å². The molecule has 0 unspecified atom stereocenters. The third-order valence-electron chi connectivity index (χ3n) is 3.41. The van der Waals surface area contributed by atoms with Gasteiger partial charge in [0.15, 0.2) is 11.5 Å². The second-order valence-corrected chi connectivity index (χ2v) is 5.68. The van der Waals surface area contributed by atoms with E-state index >= 15 is 0 Å². The molecule has 3 nitrogen and oxygen atoms in total. The van der Waals surface area contributed by atoms with Crippen LogP contribution >= 0.6 is 23.2 Å². The lowest BCUT2D eigenvalue weighted by atomic mass is 10.1. The molecule has 0 saturated heterocycles. The molecule has 1 aliphatic heterocycles. The maximum atomic E-state index is 6.23. The summed E-state index contributed by atoms with van der Waals surface area (Å²) in [4.78, 5) is 0. The molecule has 0 fully saturated rings. The van der Waals surface area contributed by atoms with Crippen LogP contribution in [0.1, 0.15) is 11.1 Å². The van der Waals surface area contributed by atoms with Gasteiger partial charge in [0.05, 0.1) is 5.02 Å². The Morgan fingerprint density at radius 3 is 2.76 bits per heavy atom. The molecule has 1 heterocycles. The van der Waals surface area contributed by atoms with Crippen molar-refractivity contribution in [2.75, 3.05) is 18.5 Å². The highest BCUT2D eigenvalue weighted by Gasteiger charge is 2.16. The van der Waals surface area contributed by atoms with Crippen molar-refractivity contribution in [3.8, 4) is 11.5 Å². The fourth-order valence-corrected chi connectivity index (χ4v) is 2.72. The van der Waals surface area contributed by atoms with Crippen molar-refractivity contribution in [1.82, 2.24) is 0 Å². The van der Waals surface area contributed by atoms with Gasteiger partial charge in [-0.1, -0.05) is 29.3 Å². The van der Waals surface area contributed by atoms with Crippen LogP contribution in [0.2, 0.25) is 10.0 Å². The van der Waals surface area contributed by atoms with Crippen LogP contribution in [0.25, 0.3) is 0 Å². The van der Waals surface area contributed by atoms with E-state index in [2.05, 4.69) is 5.32 Å². The van der Waals surface area contributed by atoms with E-state index in [0.29, 0.717) is 36.3 Å². The molecule has 2 aromatic rings. The van der Waals surface area contributed by atoms with E-state index in [4.69, 9.17) is 32.7 Å². The summed E-state index contributed by atoms with van der Waals surface area (Å²) < 4.78 is 11.1. The van der Waals surface area contributed by atoms with Gasteiger partial charge >= 0.3 is 0 Å². The van der Waals surface area contributed by atoms with Gasteiger partial charge in [0.25, 0.3) is 0 Å². The van der Waals surface area contributed by atoms with Gasteiger partial charge in [-0.15, -0.1) is 0 Å². The number of fused-ring (bicyclic) bond motifs is 1. The second-order valence-electron chi connectivity index (χ2n) is 4.87. The highest BCUT2D eigenvalue weighted by molar-refractivity contribution is 6.32. The van der Waals surface area contributed by atoms with Gasteiger partial charge in [-0.3, -0.25) is 0 Å². The first-order chi connectivity index (χ1) is 10.1. The molecule has 0 aliphatic carbocycles. The monoisotopic (exact) mass is 323 g/mol. The van der Waals surface area contributed by atoms with Crippen molar-refractivity contribution in [2.45, 2.75) is 13.5 Å². The van der Waals surface area contributed by atoms with Crippen molar-refractivity contribution in [3.05, 3.63) is 51.5 Å². The maximum absolute atomic E-state index is 6.23. The number of hydrogen-bond donors (Lipinski definition) is 1. The largest absolute Gasteiger partial charge is 0.486 e. The molecule has 1 aliphatic rings. The predicted octanol–water partition coefficient (Wildman–Crippen LogP) is 4.69. The van der Waals surface area contributed by atoms with E-state index in [0.717, 1.165) is 21.8 Å². The van der Waals surface area contributed by atoms with Crippen LogP contribution in [0.4, 0.5) is 5.69 Å². The van der Waals surface area contributed by atoms with Crippen LogP contribution in [0.3, 0.4) is 0 Å². The molecule has 0 bridgehead atoms. The number of rotatable bonds is 3. The quantitative estimate of drug-likeness (QED) is 0.889. The van der Waals surface area contributed by atoms with Gasteiger partial charge in [-0.2, -0.15) is 0 Å². The summed E-state index contributed by atoms with van der Waals surface area (Å²) in [5, 5.41) is 4.69. The highest BCUT2D eigenvalue weighted by atomic mass is 35.5. The molecule has 0 spiro atoms. The molecule has 0 amide bonds. The minimum Gasteiger partial charge on any atom is -0.486 e. The van der Waals surface area contributed by atoms with Gasteiger partial charge in [-0.25, -0.2) is 0 Å². The highest BCUT2D eigenvalue weighted by Crippen LogP contribution is 2.38. The number of benzene rings is 2. The average Bonchev–Trinajstić information content (AvgIpc) is 2.49. The Kier molecular flexibility index (Phi) is 4.13. The van der Waals surface area contributed by atoms with E-state index in [1.54, 1.807) is 0 Å². The van der Waals surface area contributed by atoms with E-state index in [1.165, 1.54) is 0 Å². The molecular formula is C16H15Cl2NO2. The first-order valence-corrected chi connectivity index (χ1v) is 7.48. The van der Waals surface area contributed by atoms with Crippen LogP contribution in [0, 0.1) is 6.92 Å². The average molecular weight is 324 g/mol. The maximum Gasteiger partial charge on any atom is 0.179 e. The molecule has 0 aromatic heterocycles. The normalized spacial score (nSPS) is 13.1. The van der Waals surface area contributed by atoms with Crippen LogP contribution < -0.4 is 14.8 Å². The standard InChI is InChI=1S/C16H15Cl2NO2/c1-10-12(17)3-2-4-14(10)19-9-11-7-13(18)16-15(8-11)20-5-6-21-16/h2-4,7-8,19H,5-6,9H2,1H3. The fraction of sp³-hybridized carbons (Fsp3) is 0.250. The van der Waals surface area contributed by atoms with Gasteiger partial charge in [0, 0.05) is 17.3 Å². The number of hydrogen-bond acceptors (Lipinski definition) is 3. The van der Waals surface area contributed by atoms with E-state index in [9.17, 15) is 0 Å². The molecule has 5 heteroatoms. The fourth-order valence-electron chi connectivity index (χ4n) is 2.26. The van der Waals surface area contributed by atoms with E-state index in [1.807, 2.05) is 37.3 Å². The number of nitrogens with one attached hydrogen (secondary N) is 1. The minimum atomic E-state index is 0.534. The zero-order valence-electron chi connectivity index (χ0n) is 11.6. The lowest BCUT2D eigenvalue weighted by Crippen LogP contribution is -2.16. The van der Waals surface area contributed by atoms with Gasteiger partial charge in [0.1, 0.15) is 13.2 Å². The van der Waals surface area contributed by atoms with Gasteiger partial charge < -0.3 is 14.8 Å². The summed E-state index contributed by atoms with van der Waals surface area (Å²) >= 11 is 12.3. The summed E-state index contributed by atoms with van der Waals surface area (Å²) in [6.07, 6.45) is 0. The molecule has 0 radical (unpaired) electrons. The Hall–Kier alpha value is -1.58. The molecule has 0 saturated carbocycles. The lowest BCUT2D eigenvalue weighted by Gasteiger charge is -2.20. The molecule has 2 aromatic carbocycles. The van der Waals surface area contributed by atoms with Crippen LogP contribution in [-0.4, -0.2) is 13.2 Å². The molecule has 1 N–H and O–H groups in total. The molecule has 110 valence electrons. The van der Waals surface area contributed by atoms with Crippen LogP contribution in [0.5, 0.6) is 11.5 Å². The molecule has 0 atom stereocenters. The molecule has 21 heavy (non-hydrogen) atoms. The Labute approximate surface area is 133 Å². The van der Waals surface area contributed by atoms with E-state index in [-0.39, 0.29) is 0 Å². The Bertz CT molecular complexity index is 674. The lowest BCUT2D eigenvalue weighted by molar-refractivity contribution is 0.171. The van der Waals surface area contributed by atoms with Crippen molar-refractivity contribution in [2.24, 2.45) is 0 Å². The van der Waals surface area contributed by atoms with E-state index < -0.39 is 0 Å². The topological polar surface area (TPSA) is 30.5 Å². The van der Waals surface area contributed by atoms with Crippen molar-refractivity contribution >= 4 is 28.9 Å². The number of halogens is 2. The first kappa shape index (κ1) is 14.4. The smallest absolute Gasteiger partial charge is 0.179 e. The Balaban J connectivity index is 1.79. The SMILES string of the molecule is Cc1c(Cl)cccc1NCc1cc(Cl)c2c(c1)OCCO2. The van der Waals surface area contributed by atoms with Gasteiger partial charge in [0.2, 0.25) is 0 Å². The van der Waals surface area contributed by atoms with Crippen molar-refractivity contribution < 1.29 is 9.47 Å². The zero-order chi connectivity index (χ0) is 14.8. The number of anilines is 1. The van der Waals surface area contributed by atoms with Crippen LogP contribution in [-0.2, 0) is 6.54 Å². The predicted molar refractivity (Wildman–Crippen MR) is 86.0 cm³/mol. The summed E-state index contributed by atoms with van der Waals surface area (Å²) in [6.45, 7) is 3.71. The minimum absolute atomic E-state index is 0.534. The number of ether oxygens (including phenoxy) is 2. The van der Waals surface area contributed by atoms with Crippen molar-refractivity contribution in [1.29, 1.82) is 0 Å². The third-order valence-corrected chi connectivity index (χ3v) is 4.10. The summed E-state index contributed by atoms with van der Waals surface area (Å²) in [5.41, 5.74) is 3.07. The summed E-state index contributed by atoms with van der Waals surface area (Å²) in [6, 6.07) is 9.65. The van der Waals surface area contributed by atoms with Crippen LogP contribution in [0.15, 0.2) is 30.3 Å². The van der Waals surface area contributed by atoms with Crippen molar-refractivity contribution in [3.63, 3.8) is 0 Å². The first-order valence-electron chi connectivity index (χ1n) is 6.72. The Morgan fingerprint density at radius 2 is 1.90 bits per heavy atom. The molecule has 3 rings (SSSR count). The third kappa shape index (κ3) is 3.04. The second kappa shape index (κ2) is 6.04. The summed E-state index contributed by atoms with van der Waals surface area (Å²) in [7, 11) is 0. The summed E-state index contributed by atoms with van der Waals surface area (Å²) in [5.74, 6) is 1.33.